The number of aromatic amines is 1. The minimum Gasteiger partial charge on any atom is -0.463 e. The summed E-state index contributed by atoms with van der Waals surface area (Å²) in [5.41, 5.74) is 23.0. The van der Waals surface area contributed by atoms with Crippen molar-refractivity contribution in [3.05, 3.63) is 165 Å². The van der Waals surface area contributed by atoms with Crippen molar-refractivity contribution in [2.24, 2.45) is 44.2 Å². The Bertz CT molecular complexity index is 5120. The number of hydrogen-bond acceptors (Lipinski definition) is 26. The van der Waals surface area contributed by atoms with Crippen LogP contribution < -0.4 is 32.2 Å². The number of pyridine rings is 6. The van der Waals surface area contributed by atoms with E-state index >= 15 is 0 Å². The van der Waals surface area contributed by atoms with Crippen molar-refractivity contribution >= 4 is 115 Å². The molecule has 25 nitrogen and oxygen atoms in total. The number of ether oxygens (including phenoxy) is 4. The third-order valence-corrected chi connectivity index (χ3v) is 24.0. The second kappa shape index (κ2) is 31.1. The molecule has 550 valence electrons. The van der Waals surface area contributed by atoms with Gasteiger partial charge in [-0.1, -0.05) is 78.4 Å². The van der Waals surface area contributed by atoms with E-state index in [-0.39, 0.29) is 48.5 Å². The van der Waals surface area contributed by atoms with E-state index in [1.165, 1.54) is 53.8 Å². The van der Waals surface area contributed by atoms with E-state index < -0.39 is 54.2 Å². The molecule has 1 amide bonds. The summed E-state index contributed by atoms with van der Waals surface area (Å²) in [6.07, 6.45) is 26.8. The number of anilines is 1. The molecule has 3 fully saturated rings. The molecule has 3 saturated carbocycles. The highest BCUT2D eigenvalue weighted by Crippen LogP contribution is 2.60. The molecule has 0 bridgehead atoms. The van der Waals surface area contributed by atoms with Crippen LogP contribution in [0.15, 0.2) is 112 Å². The van der Waals surface area contributed by atoms with E-state index in [9.17, 15) is 22.8 Å². The number of aromatic nitrogens is 12. The van der Waals surface area contributed by atoms with Crippen molar-refractivity contribution in [1.29, 1.82) is 0 Å². The Kier molecular flexibility index (Phi) is 22.3. The van der Waals surface area contributed by atoms with Crippen molar-refractivity contribution in [1.82, 2.24) is 64.7 Å². The molecule has 3 aliphatic carbocycles. The first-order valence-corrected chi connectivity index (χ1v) is 40.6. The monoisotopic (exact) mass is 1530 g/mol. The zero-order valence-electron chi connectivity index (χ0n) is 59.5. The Morgan fingerprint density at radius 1 is 0.651 bits per heavy atom. The fraction of sp³-hybridized carbons (Fsp3) is 0.397. The molecule has 12 heterocycles. The van der Waals surface area contributed by atoms with Crippen LogP contribution in [0, 0.1) is 60.3 Å². The van der Waals surface area contributed by atoms with Crippen molar-refractivity contribution in [3.63, 3.8) is 0 Å². The van der Waals surface area contributed by atoms with Gasteiger partial charge in [0.05, 0.1) is 75.0 Å². The minimum absolute atomic E-state index is 0.0380. The number of nitrogen functional groups attached to an aromatic ring is 1. The highest BCUT2D eigenvalue weighted by Gasteiger charge is 2.59. The number of nitrogens with zero attached hydrogens (tertiary/aromatic N) is 15. The smallest absolute Gasteiger partial charge is 0.418 e. The first-order chi connectivity index (χ1) is 50.4. The second-order valence-corrected chi connectivity index (χ2v) is 38.4. The Balaban J connectivity index is 0.000000136. The molecule has 6 aliphatic rings. The molecule has 9 atom stereocenters. The standard InChI is InChI=1S/C22H19FN6OS.C22H35FN4O3SSi.C19H17FN6OS.C10H6ClN3O/c1-3-6-30-18-11-26-19-15(28-18)4-5-25-16(19)8-12-7-14(20(23)27-10-12)22(2)13-9-17(13)31-21(24)29-22;1-21(2,3)30-20(28)27(13-29-8-9-32(5,6)7)19-26-22(4,15-11-17(15)31-19)16-10-14(24)12-25-18(16)23;1-19(10-6-14(10)28-18(21)26-19)11-4-9(7-24-17(11)20)5-13-16-12(2-3-22-13)25-15(27)8-23-16;1-2-5-15-8-6-13-9-7(14-8)3-4-12-10(9)11/h1,4-5,7,10-11,13,17H,6,8-9H2,2H3,(H2,24,29);10,12,15,17H,8-9,11,13,24H2,1-7H3;2-4,7-8,10,14H,5-6H2,1H3,(H2,21,26)(H,25,27);1,3-4,6H,5H2/t13-,17+,22+;15-,17+,22+;10-,14+,19+;/m111./s1. The summed E-state index contributed by atoms with van der Waals surface area (Å²) in [5, 5.41) is 2.83. The molecule has 9 aromatic heterocycles. The van der Waals surface area contributed by atoms with E-state index in [1.54, 1.807) is 72.4 Å². The normalized spacial score (nSPS) is 22.9. The van der Waals surface area contributed by atoms with Gasteiger partial charge in [0, 0.05) is 109 Å². The number of hydrogen-bond donors (Lipinski definition) is 4. The quantitative estimate of drug-likeness (QED) is 0.0229. The number of aliphatic imine (C=N–C) groups is 3. The van der Waals surface area contributed by atoms with Gasteiger partial charge in [-0.15, -0.1) is 12.8 Å². The Labute approximate surface area is 628 Å². The third-order valence-electron chi connectivity index (χ3n) is 18.3. The van der Waals surface area contributed by atoms with Gasteiger partial charge in [0.15, 0.2) is 33.9 Å². The summed E-state index contributed by atoms with van der Waals surface area (Å²) < 4.78 is 66.1. The summed E-state index contributed by atoms with van der Waals surface area (Å²) in [4.78, 5) is 88.7. The molecule has 33 heteroatoms. The average Bonchev–Trinajstić information content (AvgIpc) is 1.58. The molecular weight excluding hydrogens is 1460 g/mol. The average molecular weight is 1530 g/mol. The van der Waals surface area contributed by atoms with Crippen LogP contribution in [0.25, 0.3) is 33.1 Å². The number of nitrogens with one attached hydrogen (secondary N) is 1. The Morgan fingerprint density at radius 3 is 1.68 bits per heavy atom. The maximum Gasteiger partial charge on any atom is 0.418 e. The number of H-pyrrole nitrogens is 1. The second-order valence-electron chi connectivity index (χ2n) is 28.7. The van der Waals surface area contributed by atoms with Gasteiger partial charge in [0.25, 0.3) is 5.56 Å². The number of carbonyl (C=O) groups excluding carboxylic acids is 1. The number of amides is 1. The highest BCUT2D eigenvalue weighted by molar-refractivity contribution is 8.15. The van der Waals surface area contributed by atoms with Crippen LogP contribution in [0.1, 0.15) is 100 Å². The number of amidine groups is 3. The lowest BCUT2D eigenvalue weighted by Crippen LogP contribution is -2.44. The first-order valence-electron chi connectivity index (χ1n) is 33.9. The van der Waals surface area contributed by atoms with E-state index in [4.69, 9.17) is 65.6 Å². The maximum absolute atomic E-state index is 14.8. The molecule has 0 unspecified atom stereocenters. The highest BCUT2D eigenvalue weighted by atomic mass is 35.5. The van der Waals surface area contributed by atoms with Gasteiger partial charge < -0.3 is 41.1 Å². The molecular formula is C73H77ClF3N19O6S3Si. The molecule has 7 N–H and O–H groups in total. The maximum atomic E-state index is 14.8. The van der Waals surface area contributed by atoms with Crippen molar-refractivity contribution in [2.75, 3.05) is 32.3 Å². The molecule has 106 heavy (non-hydrogen) atoms. The zero-order chi connectivity index (χ0) is 75.6. The van der Waals surface area contributed by atoms with Gasteiger partial charge in [-0.3, -0.25) is 29.7 Å². The summed E-state index contributed by atoms with van der Waals surface area (Å²) in [7, 11) is -1.27. The van der Waals surface area contributed by atoms with Gasteiger partial charge in [-0.2, -0.15) is 13.2 Å². The fourth-order valence-corrected chi connectivity index (χ4v) is 17.7. The van der Waals surface area contributed by atoms with E-state index in [0.717, 1.165) is 36.4 Å². The number of terminal acetylenes is 2. The summed E-state index contributed by atoms with van der Waals surface area (Å²) in [6.45, 7) is 18.9. The predicted octanol–water partition coefficient (Wildman–Crippen LogP) is 11.7. The predicted molar refractivity (Wildman–Crippen MR) is 409 cm³/mol. The Hall–Kier alpha value is -9.57. The van der Waals surface area contributed by atoms with Gasteiger partial charge >= 0.3 is 6.09 Å². The third kappa shape index (κ3) is 17.6. The van der Waals surface area contributed by atoms with Gasteiger partial charge in [-0.05, 0) is 114 Å². The van der Waals surface area contributed by atoms with Crippen LogP contribution in [-0.2, 0) is 38.9 Å². The van der Waals surface area contributed by atoms with Crippen molar-refractivity contribution < 1.29 is 36.9 Å². The topological polar surface area (TPSA) is 347 Å². The number of halogens is 4. The van der Waals surface area contributed by atoms with Crippen LogP contribution in [0.5, 0.6) is 11.8 Å². The number of carbonyl (C=O) groups is 1. The lowest BCUT2D eigenvalue weighted by molar-refractivity contribution is 0.0110. The van der Waals surface area contributed by atoms with Crippen molar-refractivity contribution in [2.45, 2.75) is 137 Å². The van der Waals surface area contributed by atoms with Crippen molar-refractivity contribution in [3.8, 4) is 36.4 Å². The fourth-order valence-electron chi connectivity index (χ4n) is 12.7. The number of thioether (sulfide) groups is 3. The van der Waals surface area contributed by atoms with Gasteiger partial charge in [0.2, 0.25) is 29.6 Å². The molecule has 15 rings (SSSR count). The van der Waals surface area contributed by atoms with Crippen LogP contribution in [0.4, 0.5) is 23.7 Å². The molecule has 0 saturated heterocycles. The Morgan fingerprint density at radius 2 is 1.13 bits per heavy atom. The zero-order valence-corrected chi connectivity index (χ0v) is 63.7. The number of nitrogens with two attached hydrogens (primary N) is 3. The van der Waals surface area contributed by atoms with Crippen LogP contribution in [0.2, 0.25) is 30.8 Å². The molecule has 3 aliphatic heterocycles. The molecule has 0 spiro atoms. The minimum atomic E-state index is -1.27. The molecule has 9 aromatic rings. The lowest BCUT2D eigenvalue weighted by atomic mass is 9.87. The van der Waals surface area contributed by atoms with Crippen LogP contribution in [0.3, 0.4) is 0 Å². The molecule has 0 radical (unpaired) electrons. The molecule has 0 aromatic carbocycles. The largest absolute Gasteiger partial charge is 0.463 e. The van der Waals surface area contributed by atoms with E-state index in [0.29, 0.717) is 129 Å². The van der Waals surface area contributed by atoms with Gasteiger partial charge in [0.1, 0.15) is 28.9 Å². The van der Waals surface area contributed by atoms with Crippen LogP contribution >= 0.6 is 46.9 Å². The summed E-state index contributed by atoms with van der Waals surface area (Å²) in [5.74, 6) is 4.54. The number of fused-ring (bicyclic) bond motifs is 6. The SMILES string of the molecule is C#CCOc1cnc2c(Cc3cnc(F)c([C@@]4(C)N=C(N)S[C@H]5C[C@H]54)c3)nccc2n1.C#CCOc1cnc2c(Cl)nccc2n1.CC(C)(C)OC(=O)N(COCC[Si](C)(C)C)C1=N[C@](C)(c2cc(N)cnc2F)[C@@H]2C[C@@H]2S1.C[C@]1(c2cc(Cc3nccc4[nH]c(=O)cnc34)cnc2F)N=C(N)S[C@H]2C[C@H]21. The summed E-state index contributed by atoms with van der Waals surface area (Å²) in [6, 6.07) is 11.4. The first kappa shape index (κ1) is 76.1. The van der Waals surface area contributed by atoms with E-state index in [1.807, 2.05) is 47.6 Å². The summed E-state index contributed by atoms with van der Waals surface area (Å²) >= 11 is 10.5. The van der Waals surface area contributed by atoms with E-state index in [2.05, 4.69) is 101 Å². The number of rotatable bonds is 16. The lowest BCUT2D eigenvalue weighted by Gasteiger charge is -2.34. The van der Waals surface area contributed by atoms with Gasteiger partial charge in [-0.25, -0.2) is 54.6 Å². The van der Waals surface area contributed by atoms with Crippen LogP contribution in [-0.4, -0.2) is 142 Å².